The van der Waals surface area contributed by atoms with Gasteiger partial charge in [0.1, 0.15) is 0 Å². The number of amides is 2. The lowest BCUT2D eigenvalue weighted by Gasteiger charge is -2.23. The predicted octanol–water partition coefficient (Wildman–Crippen LogP) is 5.11. The number of hydrogen-bond acceptors (Lipinski definition) is 2. The van der Waals surface area contributed by atoms with Crippen LogP contribution in [0.3, 0.4) is 0 Å². The fourth-order valence-corrected chi connectivity index (χ4v) is 3.97. The number of benzene rings is 4. The van der Waals surface area contributed by atoms with Crippen LogP contribution in [-0.2, 0) is 0 Å². The predicted molar refractivity (Wildman–Crippen MR) is 126 cm³/mol. The molecule has 0 saturated carbocycles. The Kier molecular flexibility index (Phi) is 4.59. The summed E-state index contributed by atoms with van der Waals surface area (Å²) in [4.78, 5) is 26.3. The Morgan fingerprint density at radius 3 is 1.91 bits per heavy atom. The van der Waals surface area contributed by atoms with Gasteiger partial charge in [0.2, 0.25) is 0 Å². The van der Waals surface area contributed by atoms with Crippen LogP contribution in [0.4, 0.5) is 0 Å². The molecule has 4 aromatic rings. The van der Waals surface area contributed by atoms with E-state index in [1.54, 1.807) is 12.1 Å². The van der Waals surface area contributed by atoms with Crippen molar-refractivity contribution in [3.05, 3.63) is 107 Å². The molecule has 0 saturated heterocycles. The number of nitrogens with zero attached hydrogens (tertiary/aromatic N) is 1. The van der Waals surface area contributed by atoms with E-state index in [0.717, 1.165) is 38.1 Å². The Labute approximate surface area is 186 Å². The number of imide groups is 1. The Balaban J connectivity index is 1.51. The number of carbonyl (C=O) groups excluding carboxylic acids is 2. The zero-order valence-corrected chi connectivity index (χ0v) is 17.3. The topological polar surface area (TPSA) is 37.4 Å². The van der Waals surface area contributed by atoms with Gasteiger partial charge in [0, 0.05) is 40.3 Å². The van der Waals surface area contributed by atoms with E-state index >= 15 is 0 Å². The standard InChI is InChI=1S/C29H17NO2/c1-3-19-7-12-21(13-8-19)22-14-9-20(10-15-22)11-16-23-17-18-26-27-24(23)5-4-6-25(27)28(31)30(2)29(26)32/h1,4-10,12-15,17-18H,2H3. The van der Waals surface area contributed by atoms with E-state index in [4.69, 9.17) is 6.42 Å². The fraction of sp³-hybridized carbons (Fsp3) is 0.0345. The highest BCUT2D eigenvalue weighted by Crippen LogP contribution is 2.31. The number of carbonyl (C=O) groups is 2. The molecule has 0 spiro atoms. The van der Waals surface area contributed by atoms with Crippen LogP contribution in [0.15, 0.2) is 78.9 Å². The quantitative estimate of drug-likeness (QED) is 0.322. The van der Waals surface area contributed by atoms with Crippen LogP contribution in [-0.4, -0.2) is 23.8 Å². The fourth-order valence-electron chi connectivity index (χ4n) is 3.97. The third-order valence-corrected chi connectivity index (χ3v) is 5.72. The van der Waals surface area contributed by atoms with Crippen molar-refractivity contribution in [2.24, 2.45) is 0 Å². The second kappa shape index (κ2) is 7.58. The van der Waals surface area contributed by atoms with Crippen molar-refractivity contribution >= 4 is 22.6 Å². The Bertz CT molecular complexity index is 1490. The molecular weight excluding hydrogens is 394 g/mol. The van der Waals surface area contributed by atoms with E-state index in [-0.39, 0.29) is 11.8 Å². The van der Waals surface area contributed by atoms with Crippen LogP contribution in [0.1, 0.15) is 37.4 Å². The van der Waals surface area contributed by atoms with Crippen LogP contribution in [0.5, 0.6) is 0 Å². The minimum atomic E-state index is -0.288. The van der Waals surface area contributed by atoms with Gasteiger partial charge in [-0.05, 0) is 59.0 Å². The van der Waals surface area contributed by atoms with Crippen molar-refractivity contribution in [3.8, 4) is 35.3 Å². The SMILES string of the molecule is C#Cc1ccc(-c2ccc(C#Cc3ccc4c5c(cccc35)C(=O)N(C)C4=O)cc2)cc1. The Morgan fingerprint density at radius 2 is 1.28 bits per heavy atom. The van der Waals surface area contributed by atoms with Gasteiger partial charge in [0.15, 0.2) is 0 Å². The summed E-state index contributed by atoms with van der Waals surface area (Å²) in [6, 6.07) is 25.0. The maximum atomic E-state index is 12.5. The maximum absolute atomic E-state index is 12.5. The van der Waals surface area contributed by atoms with Crippen LogP contribution in [0.25, 0.3) is 21.9 Å². The van der Waals surface area contributed by atoms with Crippen molar-refractivity contribution in [3.63, 3.8) is 0 Å². The van der Waals surface area contributed by atoms with Crippen LogP contribution >= 0.6 is 0 Å². The highest BCUT2D eigenvalue weighted by molar-refractivity contribution is 6.25. The molecule has 1 aliphatic rings. The lowest BCUT2D eigenvalue weighted by Crippen LogP contribution is -2.36. The summed E-state index contributed by atoms with van der Waals surface area (Å²) in [6.07, 6.45) is 5.42. The van der Waals surface area contributed by atoms with Crippen LogP contribution < -0.4 is 0 Å². The summed E-state index contributed by atoms with van der Waals surface area (Å²) in [5.41, 5.74) is 5.75. The molecule has 3 nitrogen and oxygen atoms in total. The van der Waals surface area contributed by atoms with Gasteiger partial charge >= 0.3 is 0 Å². The molecule has 0 N–H and O–H groups in total. The largest absolute Gasteiger partial charge is 0.277 e. The second-order valence-electron chi connectivity index (χ2n) is 7.61. The molecule has 0 aliphatic carbocycles. The van der Waals surface area contributed by atoms with Crippen LogP contribution in [0.2, 0.25) is 0 Å². The summed E-state index contributed by atoms with van der Waals surface area (Å²) in [7, 11) is 1.51. The van der Waals surface area contributed by atoms with Gasteiger partial charge in [-0.1, -0.05) is 54.2 Å². The summed E-state index contributed by atoms with van der Waals surface area (Å²) < 4.78 is 0. The van der Waals surface area contributed by atoms with Gasteiger partial charge in [0.25, 0.3) is 11.8 Å². The third kappa shape index (κ3) is 3.14. The second-order valence-corrected chi connectivity index (χ2v) is 7.61. The molecular formula is C29H17NO2. The van der Waals surface area contributed by atoms with Crippen molar-refractivity contribution in [1.82, 2.24) is 4.90 Å². The van der Waals surface area contributed by atoms with E-state index in [1.165, 1.54) is 7.05 Å². The maximum Gasteiger partial charge on any atom is 0.261 e. The lowest BCUT2D eigenvalue weighted by atomic mass is 9.91. The van der Waals surface area contributed by atoms with Gasteiger partial charge in [-0.25, -0.2) is 0 Å². The molecule has 150 valence electrons. The van der Waals surface area contributed by atoms with E-state index in [2.05, 4.69) is 17.8 Å². The molecule has 32 heavy (non-hydrogen) atoms. The molecule has 0 bridgehead atoms. The highest BCUT2D eigenvalue weighted by Gasteiger charge is 2.30. The molecule has 0 radical (unpaired) electrons. The highest BCUT2D eigenvalue weighted by atomic mass is 16.2. The third-order valence-electron chi connectivity index (χ3n) is 5.72. The van der Waals surface area contributed by atoms with Crippen LogP contribution in [0, 0.1) is 24.2 Å². The van der Waals surface area contributed by atoms with Crippen molar-refractivity contribution in [1.29, 1.82) is 0 Å². The summed E-state index contributed by atoms with van der Waals surface area (Å²) in [5, 5.41) is 1.49. The normalized spacial score (nSPS) is 12.3. The first-order valence-electron chi connectivity index (χ1n) is 10.1. The summed E-state index contributed by atoms with van der Waals surface area (Å²) in [5.74, 6) is 8.46. The van der Waals surface area contributed by atoms with Gasteiger partial charge in [0.05, 0.1) is 0 Å². The van der Waals surface area contributed by atoms with Gasteiger partial charge < -0.3 is 0 Å². The molecule has 0 atom stereocenters. The first-order valence-corrected chi connectivity index (χ1v) is 10.1. The van der Waals surface area contributed by atoms with Gasteiger partial charge in [-0.15, -0.1) is 6.42 Å². The smallest absolute Gasteiger partial charge is 0.261 e. The van der Waals surface area contributed by atoms with E-state index in [0.29, 0.717) is 16.5 Å². The molecule has 0 unspecified atom stereocenters. The summed E-state index contributed by atoms with van der Waals surface area (Å²) >= 11 is 0. The van der Waals surface area contributed by atoms with Crippen molar-refractivity contribution in [2.45, 2.75) is 0 Å². The zero-order valence-electron chi connectivity index (χ0n) is 17.3. The molecule has 5 rings (SSSR count). The number of rotatable bonds is 1. The minimum absolute atomic E-state index is 0.288. The zero-order chi connectivity index (χ0) is 22.2. The summed E-state index contributed by atoms with van der Waals surface area (Å²) in [6.45, 7) is 0. The average molecular weight is 411 g/mol. The van der Waals surface area contributed by atoms with Gasteiger partial charge in [-0.3, -0.25) is 14.5 Å². The molecule has 3 heteroatoms. The molecule has 1 aliphatic heterocycles. The number of terminal acetylenes is 1. The van der Waals surface area contributed by atoms with Crippen molar-refractivity contribution in [2.75, 3.05) is 7.05 Å². The Hall–Kier alpha value is -4.60. The minimum Gasteiger partial charge on any atom is -0.277 e. The molecule has 4 aromatic carbocycles. The van der Waals surface area contributed by atoms with E-state index in [1.807, 2.05) is 66.7 Å². The van der Waals surface area contributed by atoms with Crippen molar-refractivity contribution < 1.29 is 9.59 Å². The molecule has 1 heterocycles. The first kappa shape index (κ1) is 19.4. The average Bonchev–Trinajstić information content (AvgIpc) is 2.85. The monoisotopic (exact) mass is 411 g/mol. The van der Waals surface area contributed by atoms with E-state index < -0.39 is 0 Å². The molecule has 0 fully saturated rings. The molecule has 2 amide bonds. The molecule has 0 aromatic heterocycles. The first-order chi connectivity index (χ1) is 15.6. The lowest BCUT2D eigenvalue weighted by molar-refractivity contribution is 0.0650. The number of hydrogen-bond donors (Lipinski definition) is 0. The van der Waals surface area contributed by atoms with E-state index in [9.17, 15) is 9.59 Å². The Morgan fingerprint density at radius 1 is 0.688 bits per heavy atom. The van der Waals surface area contributed by atoms with Gasteiger partial charge in [-0.2, -0.15) is 0 Å².